The Bertz CT molecular complexity index is 114. The minimum absolute atomic E-state index is 0. The van der Waals surface area contributed by atoms with Gasteiger partial charge < -0.3 is 104 Å². The van der Waals surface area contributed by atoms with Crippen molar-refractivity contribution in [3.63, 3.8) is 0 Å². The average molecular weight is 573 g/mol. The molecule has 0 atom stereocenters. The Morgan fingerprint density at radius 3 is 0.393 bits per heavy atom. The monoisotopic (exact) mass is 572 g/mol. The fraction of sp³-hybridized carbons (Fsp3) is 0. The molecule has 0 unspecified atom stereocenters. The van der Waals surface area contributed by atoms with Gasteiger partial charge in [0.1, 0.15) is 0 Å². The second kappa shape index (κ2) is 339. The Hall–Kier alpha value is 2.34. The largest absolute Gasteiger partial charge is 0.316 e. The van der Waals surface area contributed by atoms with Gasteiger partial charge in [-0.3, -0.25) is 9.11 Å². The number of hydrogen-bond donors (Lipinski definition) is 2. The van der Waals surface area contributed by atoms with Crippen molar-refractivity contribution >= 4 is 115 Å². The summed E-state index contributed by atoms with van der Waals surface area (Å²) in [5.74, 6) is 0. The molecule has 0 aliphatic rings. The molecule has 0 spiro atoms. The van der Waals surface area contributed by atoms with Crippen molar-refractivity contribution in [1.82, 2.24) is 0 Å². The summed E-state index contributed by atoms with van der Waals surface area (Å²) in [5, 5.41) is 0. The zero-order chi connectivity index (χ0) is 4.50. The predicted octanol–water partition coefficient (Wildman–Crippen LogP) is -18.6. The van der Waals surface area contributed by atoms with E-state index in [0.29, 0.717) is 0 Å². The zero-order valence-electron chi connectivity index (χ0n) is 12.0. The third-order valence-corrected chi connectivity index (χ3v) is 0. The normalized spacial score (nSPS) is 2.07. The van der Waals surface area contributed by atoms with Crippen molar-refractivity contribution in [1.29, 1.82) is 0 Å². The van der Waals surface area contributed by atoms with Crippen molar-refractivity contribution in [3.05, 3.63) is 0 Å². The van der Waals surface area contributed by atoms with Crippen molar-refractivity contribution in [2.45, 2.75) is 0 Å². The summed E-state index contributed by atoms with van der Waals surface area (Å²) in [5.41, 5.74) is 0. The maximum absolute atomic E-state index is 8.74. The van der Waals surface area contributed by atoms with Gasteiger partial charge in [-0.15, -0.1) is 12.4 Å². The first kappa shape index (κ1) is 650. The fourth-order valence-corrected chi connectivity index (χ4v) is 0. The van der Waals surface area contributed by atoms with Crippen molar-refractivity contribution in [2.75, 3.05) is 0 Å². The molecule has 0 aromatic carbocycles. The molecule has 28 heavy (non-hydrogen) atoms. The van der Waals surface area contributed by atoms with Gasteiger partial charge >= 0.3 is 84.8 Å². The SMILES string of the molecule is Cl.O.O.O.O.O.O.O.O.O.O.O.O.O.O.O.O.O.O.O.O=S(=O)(O)O.[AlH3].[KH].[MgH2]. The third kappa shape index (κ3) is 3880. The van der Waals surface area contributed by atoms with E-state index in [0.717, 1.165) is 0 Å². The summed E-state index contributed by atoms with van der Waals surface area (Å²) in [6.45, 7) is 0. The van der Waals surface area contributed by atoms with Crippen LogP contribution in [0.1, 0.15) is 0 Å². The molecule has 0 saturated heterocycles. The van der Waals surface area contributed by atoms with Crippen molar-refractivity contribution < 1.29 is 122 Å². The summed E-state index contributed by atoms with van der Waals surface area (Å²) in [7, 11) is -4.67. The minimum atomic E-state index is -4.67. The number of rotatable bonds is 0. The predicted molar refractivity (Wildman–Crippen MR) is 116 cm³/mol. The van der Waals surface area contributed by atoms with Gasteiger partial charge in [0.05, 0.1) is 0 Å². The van der Waals surface area contributed by atoms with E-state index in [4.69, 9.17) is 17.5 Å². The maximum Gasteiger partial charge on any atom is 0.316 e. The van der Waals surface area contributed by atoms with E-state index in [1.165, 1.54) is 0 Å². The van der Waals surface area contributed by atoms with E-state index in [9.17, 15) is 0 Å². The smallest absolute Gasteiger partial charge is 0.316 e. The van der Waals surface area contributed by atoms with E-state index < -0.39 is 10.4 Å². The van der Waals surface area contributed by atoms with Crippen molar-refractivity contribution in [2.24, 2.45) is 0 Å². The van der Waals surface area contributed by atoms with Crippen LogP contribution in [0.4, 0.5) is 0 Å². The summed E-state index contributed by atoms with van der Waals surface area (Å²) < 4.78 is 31.6. The van der Waals surface area contributed by atoms with Crippen LogP contribution in [0.25, 0.3) is 0 Å². The number of hydrogen-bond acceptors (Lipinski definition) is 2. The average Bonchev–Trinajstić information content (AvgIpc) is 0.722. The molecule has 204 valence electrons. The fourth-order valence-electron chi connectivity index (χ4n) is 0. The van der Waals surface area contributed by atoms with Gasteiger partial charge in [-0.25, -0.2) is 0 Å². The summed E-state index contributed by atoms with van der Waals surface area (Å²) in [6, 6.07) is 0. The molecule has 0 aliphatic heterocycles. The van der Waals surface area contributed by atoms with Gasteiger partial charge in [0.25, 0.3) is 0 Å². The molecule has 0 aromatic rings. The van der Waals surface area contributed by atoms with Crippen LogP contribution in [0.3, 0.4) is 0 Å². The molecule has 0 amide bonds. The molecule has 0 aromatic heterocycles. The van der Waals surface area contributed by atoms with Crippen LogP contribution < -0.4 is 0 Å². The zero-order valence-corrected chi connectivity index (χ0v) is 13.7. The van der Waals surface area contributed by atoms with Gasteiger partial charge in [0, 0.05) is 0 Å². The van der Waals surface area contributed by atoms with Gasteiger partial charge in [-0.2, -0.15) is 8.42 Å². The van der Waals surface area contributed by atoms with Crippen LogP contribution in [-0.2, 0) is 10.4 Å². The van der Waals surface area contributed by atoms with Crippen LogP contribution >= 0.6 is 12.4 Å². The minimum Gasteiger partial charge on any atom is 0.316 e. The number of halogens is 1. The molecule has 0 bridgehead atoms. The molecule has 0 fully saturated rings. The second-order valence-corrected chi connectivity index (χ2v) is 1.34. The first-order chi connectivity index (χ1) is 2.00. The van der Waals surface area contributed by atoms with E-state index in [2.05, 4.69) is 0 Å². The van der Waals surface area contributed by atoms with Gasteiger partial charge in [-0.1, -0.05) is 0 Å². The van der Waals surface area contributed by atoms with E-state index >= 15 is 0 Å². The molecular weight excluding hydrogens is 526 g/mol. The summed E-state index contributed by atoms with van der Waals surface area (Å²) in [4.78, 5) is 0. The maximum atomic E-state index is 8.74. The Labute approximate surface area is 233 Å². The summed E-state index contributed by atoms with van der Waals surface area (Å²) >= 11 is 0. The third-order valence-electron chi connectivity index (χ3n) is 0. The topological polar surface area (TPSA) is 673 Å². The van der Waals surface area contributed by atoms with Gasteiger partial charge in [-0.05, 0) is 0 Å². The molecule has 0 heterocycles. The molecule has 0 rings (SSSR count). The van der Waals surface area contributed by atoms with Crippen LogP contribution in [-0.4, -0.2) is 213 Å². The molecule has 40 N–H and O–H groups in total. The first-order valence-corrected chi connectivity index (χ1v) is 2.10. The van der Waals surface area contributed by atoms with E-state index in [1.807, 2.05) is 0 Å². The molecule has 0 saturated carbocycles. The Morgan fingerprint density at radius 1 is 0.393 bits per heavy atom. The Kier molecular flexibility index (Phi) is 7880. The molecule has 28 heteroatoms. The quantitative estimate of drug-likeness (QED) is 0.210. The Morgan fingerprint density at radius 2 is 0.393 bits per heavy atom. The van der Waals surface area contributed by atoms with Crippen LogP contribution in [0.2, 0.25) is 0 Å². The standard InChI is InChI=1S/Al.ClH.K.Mg.H2O4S.19H2O.6H/c;;;;1-5(2,3)4;;;;;;;;;;;;;;;;;;;;;;;;;/h;1H;;;(H2,1,2,3,4);19*1H2;;;;;;. The van der Waals surface area contributed by atoms with E-state index in [1.54, 1.807) is 0 Å². The molecule has 0 radical (unpaired) electrons. The van der Waals surface area contributed by atoms with Crippen molar-refractivity contribution in [3.8, 4) is 0 Å². The van der Waals surface area contributed by atoms with Gasteiger partial charge in [0.2, 0.25) is 0 Å². The molecular formula is H47AlClKMgO23S. The summed E-state index contributed by atoms with van der Waals surface area (Å²) in [6.07, 6.45) is 0. The molecule has 23 nitrogen and oxygen atoms in total. The van der Waals surface area contributed by atoms with Crippen LogP contribution in [0, 0.1) is 0 Å². The van der Waals surface area contributed by atoms with Crippen LogP contribution in [0.5, 0.6) is 0 Å². The van der Waals surface area contributed by atoms with Gasteiger partial charge in [0.15, 0.2) is 17.4 Å². The second-order valence-electron chi connectivity index (χ2n) is 0.448. The molecule has 0 aliphatic carbocycles. The van der Waals surface area contributed by atoms with E-state index in [-0.39, 0.29) is 208 Å². The Balaban J connectivity index is -0.000000000316. The van der Waals surface area contributed by atoms with Crippen LogP contribution in [0.15, 0.2) is 0 Å². The first-order valence-electron chi connectivity index (χ1n) is 0.698.